The maximum absolute atomic E-state index is 13.8. The Bertz CT molecular complexity index is 1250. The van der Waals surface area contributed by atoms with Gasteiger partial charge < -0.3 is 34.1 Å². The van der Waals surface area contributed by atoms with Gasteiger partial charge in [-0.25, -0.2) is 9.59 Å². The van der Waals surface area contributed by atoms with Crippen LogP contribution in [0.2, 0.25) is 0 Å². The molecule has 2 heterocycles. The Balaban J connectivity index is 1.56. The molecular weight excluding hydrogens is 512 g/mol. The molecule has 40 heavy (non-hydrogen) atoms. The average Bonchev–Trinajstić information content (AvgIpc) is 3.17. The van der Waals surface area contributed by atoms with Crippen LogP contribution in [0.25, 0.3) is 0 Å². The van der Waals surface area contributed by atoms with Crippen LogP contribution in [-0.2, 0) is 13.0 Å². The first-order chi connectivity index (χ1) is 19.4. The summed E-state index contributed by atoms with van der Waals surface area (Å²) in [4.78, 5) is 32.7. The number of carbonyl (C=O) groups excluding carboxylic acids is 2. The number of amides is 4. The Morgan fingerprint density at radius 1 is 0.900 bits per heavy atom. The second kappa shape index (κ2) is 13.3. The Labute approximate surface area is 236 Å². The van der Waals surface area contributed by atoms with Crippen molar-refractivity contribution in [1.29, 1.82) is 0 Å². The van der Waals surface area contributed by atoms with E-state index in [4.69, 9.17) is 18.9 Å². The summed E-state index contributed by atoms with van der Waals surface area (Å²) in [5.41, 5.74) is 3.60. The molecule has 4 amide bonds. The molecule has 0 aromatic heterocycles. The lowest BCUT2D eigenvalue weighted by Gasteiger charge is -2.31. The predicted octanol–water partition coefficient (Wildman–Crippen LogP) is 5.12. The number of anilines is 1. The number of methoxy groups -OCH3 is 4. The minimum Gasteiger partial charge on any atom is -0.497 e. The van der Waals surface area contributed by atoms with Crippen LogP contribution in [0, 0.1) is 0 Å². The van der Waals surface area contributed by atoms with Gasteiger partial charge in [0.05, 0.1) is 40.7 Å². The highest BCUT2D eigenvalue weighted by Gasteiger charge is 2.29. The summed E-state index contributed by atoms with van der Waals surface area (Å²) in [5.74, 6) is 2.63. The number of hydrogen-bond acceptors (Lipinski definition) is 6. The van der Waals surface area contributed by atoms with Gasteiger partial charge in [0.1, 0.15) is 23.0 Å². The second-order valence-electron chi connectivity index (χ2n) is 9.76. The third kappa shape index (κ3) is 6.38. The monoisotopic (exact) mass is 552 g/mol. The van der Waals surface area contributed by atoms with E-state index < -0.39 is 0 Å². The molecule has 0 aliphatic carbocycles. The number of nitrogens with one attached hydrogen (secondary N) is 1. The quantitative estimate of drug-likeness (QED) is 0.535. The Morgan fingerprint density at radius 3 is 2.33 bits per heavy atom. The van der Waals surface area contributed by atoms with E-state index in [0.29, 0.717) is 81.3 Å². The molecule has 0 saturated carbocycles. The molecule has 2 aliphatic heterocycles. The fraction of sp³-hybridized carbons (Fsp3) is 0.467. The fourth-order valence-corrected chi connectivity index (χ4v) is 5.25. The molecule has 1 N–H and O–H groups in total. The van der Waals surface area contributed by atoms with Crippen LogP contribution < -0.4 is 24.3 Å². The number of nitrogens with zero attached hydrogens (tertiary/aromatic N) is 3. The summed E-state index contributed by atoms with van der Waals surface area (Å²) in [6, 6.07) is 8.94. The lowest BCUT2D eigenvalue weighted by Crippen LogP contribution is -2.43. The van der Waals surface area contributed by atoms with Gasteiger partial charge in [-0.3, -0.25) is 4.90 Å². The summed E-state index contributed by atoms with van der Waals surface area (Å²) < 4.78 is 21.9. The summed E-state index contributed by atoms with van der Waals surface area (Å²) in [5, 5.41) is 2.99. The lowest BCUT2D eigenvalue weighted by molar-refractivity contribution is 0.163. The Hall–Kier alpha value is -4.08. The van der Waals surface area contributed by atoms with E-state index in [1.165, 1.54) is 0 Å². The normalized spacial score (nSPS) is 16.1. The van der Waals surface area contributed by atoms with Gasteiger partial charge in [-0.05, 0) is 56.4 Å². The first-order valence-electron chi connectivity index (χ1n) is 13.7. The maximum atomic E-state index is 13.8. The third-order valence-corrected chi connectivity index (χ3v) is 7.49. The van der Waals surface area contributed by atoms with Crippen molar-refractivity contribution in [3.8, 4) is 23.0 Å². The fourth-order valence-electron chi connectivity index (χ4n) is 5.25. The first-order valence-corrected chi connectivity index (χ1v) is 13.7. The molecule has 0 bridgehead atoms. The molecule has 10 nitrogen and oxygen atoms in total. The van der Waals surface area contributed by atoms with E-state index in [0.717, 1.165) is 22.6 Å². The van der Waals surface area contributed by atoms with Crippen LogP contribution in [0.3, 0.4) is 0 Å². The number of carbonyl (C=O) groups is 2. The van der Waals surface area contributed by atoms with Gasteiger partial charge >= 0.3 is 12.1 Å². The van der Waals surface area contributed by atoms with E-state index in [1.54, 1.807) is 46.6 Å². The zero-order valence-corrected chi connectivity index (χ0v) is 24.1. The van der Waals surface area contributed by atoms with Crippen LogP contribution in [0.1, 0.15) is 37.3 Å². The molecular formula is C30H40N4O6. The number of rotatable bonds is 6. The van der Waals surface area contributed by atoms with Crippen molar-refractivity contribution in [1.82, 2.24) is 14.7 Å². The second-order valence-corrected chi connectivity index (χ2v) is 9.76. The number of ether oxygens (including phenoxy) is 4. The smallest absolute Gasteiger partial charge is 0.324 e. The minimum absolute atomic E-state index is 0.0238. The molecule has 1 saturated heterocycles. The van der Waals surface area contributed by atoms with E-state index in [-0.39, 0.29) is 12.1 Å². The van der Waals surface area contributed by atoms with Crippen molar-refractivity contribution in [3.63, 3.8) is 0 Å². The molecule has 10 heteroatoms. The van der Waals surface area contributed by atoms with Crippen LogP contribution in [-0.4, -0.2) is 81.4 Å². The maximum Gasteiger partial charge on any atom is 0.324 e. The van der Waals surface area contributed by atoms with Crippen molar-refractivity contribution in [3.05, 3.63) is 53.2 Å². The summed E-state index contributed by atoms with van der Waals surface area (Å²) in [6.45, 7) is 4.63. The third-order valence-electron chi connectivity index (χ3n) is 7.49. The zero-order chi connectivity index (χ0) is 28.6. The number of benzene rings is 2. The molecule has 0 atom stereocenters. The molecule has 1 fully saturated rings. The van der Waals surface area contributed by atoms with Gasteiger partial charge in [0.15, 0.2) is 0 Å². The first kappa shape index (κ1) is 28.9. The number of allylic oxidation sites excluding steroid dienone is 2. The largest absolute Gasteiger partial charge is 0.497 e. The molecule has 216 valence electrons. The van der Waals surface area contributed by atoms with Crippen molar-refractivity contribution in [2.24, 2.45) is 0 Å². The van der Waals surface area contributed by atoms with Crippen molar-refractivity contribution in [2.75, 3.05) is 59.9 Å². The van der Waals surface area contributed by atoms with Gasteiger partial charge in [0, 0.05) is 49.6 Å². The van der Waals surface area contributed by atoms with Gasteiger partial charge in [-0.1, -0.05) is 6.08 Å². The summed E-state index contributed by atoms with van der Waals surface area (Å²) in [7, 11) is 6.43. The van der Waals surface area contributed by atoms with Crippen LogP contribution in [0.4, 0.5) is 15.3 Å². The van der Waals surface area contributed by atoms with Crippen molar-refractivity contribution >= 4 is 17.7 Å². The predicted molar refractivity (Wildman–Crippen MR) is 154 cm³/mol. The van der Waals surface area contributed by atoms with E-state index in [9.17, 15) is 9.59 Å². The molecule has 4 rings (SSSR count). The highest BCUT2D eigenvalue weighted by atomic mass is 16.5. The lowest BCUT2D eigenvalue weighted by atomic mass is 10.0. The SMILES string of the molecule is CCN1CCCN(C(=O)Nc2ccc(OC)cc2OC)CCCC2=CCc3c(cc(OC)cc3OC)CN2C1=O. The van der Waals surface area contributed by atoms with Crippen LogP contribution in [0.5, 0.6) is 23.0 Å². The standard InChI is InChI=1S/C30H40N4O6/c1-6-32-15-8-16-33(29(35)31-26-13-11-23(37-2)18-28(26)40-5)14-7-9-22-10-12-25-21(20-34(22)30(32)36)17-24(38-3)19-27(25)39-4/h10-11,13,17-19H,6-9,12,14-16,20H2,1-5H3,(H,31,35). The zero-order valence-electron chi connectivity index (χ0n) is 24.1. The molecule has 0 spiro atoms. The Morgan fingerprint density at radius 2 is 1.62 bits per heavy atom. The molecule has 0 unspecified atom stereocenters. The molecule has 0 radical (unpaired) electrons. The van der Waals surface area contributed by atoms with Gasteiger partial charge in [0.2, 0.25) is 0 Å². The Kier molecular flexibility index (Phi) is 9.63. The van der Waals surface area contributed by atoms with Gasteiger partial charge in [-0.15, -0.1) is 0 Å². The highest BCUT2D eigenvalue weighted by molar-refractivity contribution is 5.91. The number of fused-ring (bicyclic) bond motifs is 2. The topological polar surface area (TPSA) is 92.8 Å². The van der Waals surface area contributed by atoms with Gasteiger partial charge in [-0.2, -0.15) is 0 Å². The average molecular weight is 553 g/mol. The highest BCUT2D eigenvalue weighted by Crippen LogP contribution is 2.35. The minimum atomic E-state index is -0.201. The van der Waals surface area contributed by atoms with E-state index >= 15 is 0 Å². The van der Waals surface area contributed by atoms with Crippen molar-refractivity contribution in [2.45, 2.75) is 39.2 Å². The van der Waals surface area contributed by atoms with Crippen molar-refractivity contribution < 1.29 is 28.5 Å². The molecule has 2 aromatic rings. The summed E-state index contributed by atoms with van der Waals surface area (Å²) in [6.07, 6.45) is 4.81. The van der Waals surface area contributed by atoms with E-state index in [2.05, 4.69) is 11.4 Å². The van der Waals surface area contributed by atoms with Crippen LogP contribution in [0.15, 0.2) is 42.1 Å². The van der Waals surface area contributed by atoms with E-state index in [1.807, 2.05) is 33.8 Å². The molecule has 2 aromatic carbocycles. The number of urea groups is 2. The van der Waals surface area contributed by atoms with Crippen LogP contribution >= 0.6 is 0 Å². The summed E-state index contributed by atoms with van der Waals surface area (Å²) >= 11 is 0. The van der Waals surface area contributed by atoms with Gasteiger partial charge in [0.25, 0.3) is 0 Å². The molecule has 2 aliphatic rings. The number of hydrogen-bond donors (Lipinski definition) is 1.